The van der Waals surface area contributed by atoms with Crippen LogP contribution in [0, 0.1) is 5.82 Å². The molecule has 0 fully saturated rings. The molecule has 0 aliphatic carbocycles. The zero-order valence-electron chi connectivity index (χ0n) is 10.0. The number of aromatic nitrogens is 1. The highest BCUT2D eigenvalue weighted by molar-refractivity contribution is 6.30. The van der Waals surface area contributed by atoms with Gasteiger partial charge in [0.05, 0.1) is 0 Å². The number of hydrogen-bond acceptors (Lipinski definition) is 2. The molecule has 2 rings (SSSR count). The molecule has 0 aliphatic heterocycles. The summed E-state index contributed by atoms with van der Waals surface area (Å²) in [6, 6.07) is 8.43. The van der Waals surface area contributed by atoms with Crippen LogP contribution in [0.5, 0.6) is 0 Å². The number of hydrogen-bond donors (Lipinski definition) is 1. The van der Waals surface area contributed by atoms with Gasteiger partial charge >= 0.3 is 0 Å². The lowest BCUT2D eigenvalue weighted by molar-refractivity contribution is 0.587. The topological polar surface area (TPSA) is 24.9 Å². The van der Waals surface area contributed by atoms with E-state index >= 15 is 0 Å². The summed E-state index contributed by atoms with van der Waals surface area (Å²) in [7, 11) is 1.84. The van der Waals surface area contributed by atoms with Gasteiger partial charge in [0.2, 0.25) is 0 Å². The summed E-state index contributed by atoms with van der Waals surface area (Å²) in [5.41, 5.74) is 1.61. The van der Waals surface area contributed by atoms with Crippen LogP contribution in [0.3, 0.4) is 0 Å². The first-order valence-electron chi connectivity index (χ1n) is 5.72. The molecule has 0 spiro atoms. The van der Waals surface area contributed by atoms with Crippen molar-refractivity contribution >= 4 is 11.6 Å². The molecule has 94 valence electrons. The van der Waals surface area contributed by atoms with Gasteiger partial charge in [0.25, 0.3) is 0 Å². The molecule has 4 heteroatoms. The lowest BCUT2D eigenvalue weighted by atomic mass is 9.91. The molecule has 1 heterocycles. The van der Waals surface area contributed by atoms with Crippen molar-refractivity contribution in [3.8, 4) is 0 Å². The first kappa shape index (κ1) is 13.0. The maximum Gasteiger partial charge on any atom is 0.127 e. The largest absolute Gasteiger partial charge is 0.319 e. The predicted octanol–water partition coefficient (Wildman–Crippen LogP) is 3.23. The van der Waals surface area contributed by atoms with Crippen LogP contribution in [0.1, 0.15) is 17.0 Å². The number of nitrogens with zero attached hydrogens (tertiary/aromatic N) is 1. The molecule has 1 N–H and O–H groups in total. The van der Waals surface area contributed by atoms with Crippen molar-refractivity contribution in [2.75, 3.05) is 13.6 Å². The van der Waals surface area contributed by atoms with Crippen LogP contribution in [0.4, 0.5) is 4.39 Å². The van der Waals surface area contributed by atoms with Crippen LogP contribution in [0.2, 0.25) is 5.02 Å². The number of likely N-dealkylation sites (N-methyl/N-ethyl adjacent to an activating group) is 1. The molecular formula is C14H14ClFN2. The summed E-state index contributed by atoms with van der Waals surface area (Å²) < 4.78 is 13.9. The van der Waals surface area contributed by atoms with Gasteiger partial charge in [0.15, 0.2) is 0 Å². The molecule has 0 saturated heterocycles. The SMILES string of the molecule is CNCC(c1ccncc1)c1cc(Cl)ccc1F. The second-order valence-electron chi connectivity index (χ2n) is 4.06. The van der Waals surface area contributed by atoms with Crippen LogP contribution in [-0.2, 0) is 0 Å². The molecule has 1 unspecified atom stereocenters. The van der Waals surface area contributed by atoms with Crippen molar-refractivity contribution in [1.29, 1.82) is 0 Å². The fraction of sp³-hybridized carbons (Fsp3) is 0.214. The third-order valence-electron chi connectivity index (χ3n) is 2.85. The van der Waals surface area contributed by atoms with Gasteiger partial charge in [-0.2, -0.15) is 0 Å². The fourth-order valence-electron chi connectivity index (χ4n) is 1.99. The van der Waals surface area contributed by atoms with E-state index in [4.69, 9.17) is 11.6 Å². The van der Waals surface area contributed by atoms with Gasteiger partial charge in [-0.1, -0.05) is 11.6 Å². The van der Waals surface area contributed by atoms with E-state index in [1.165, 1.54) is 6.07 Å². The summed E-state index contributed by atoms with van der Waals surface area (Å²) in [5.74, 6) is -0.312. The minimum atomic E-state index is -0.239. The highest BCUT2D eigenvalue weighted by Crippen LogP contribution is 2.28. The van der Waals surface area contributed by atoms with Crippen molar-refractivity contribution in [3.63, 3.8) is 0 Å². The summed E-state index contributed by atoms with van der Waals surface area (Å²) in [6.45, 7) is 0.640. The lowest BCUT2D eigenvalue weighted by Crippen LogP contribution is -2.19. The Morgan fingerprint density at radius 3 is 2.67 bits per heavy atom. The Morgan fingerprint density at radius 2 is 2.00 bits per heavy atom. The molecule has 0 saturated carbocycles. The molecule has 2 nitrogen and oxygen atoms in total. The van der Waals surface area contributed by atoms with Gasteiger partial charge < -0.3 is 5.32 Å². The molecule has 18 heavy (non-hydrogen) atoms. The molecular weight excluding hydrogens is 251 g/mol. The second kappa shape index (κ2) is 5.94. The number of pyridine rings is 1. The van der Waals surface area contributed by atoms with E-state index in [2.05, 4.69) is 10.3 Å². The molecule has 1 aromatic heterocycles. The quantitative estimate of drug-likeness (QED) is 0.917. The van der Waals surface area contributed by atoms with Crippen molar-refractivity contribution in [1.82, 2.24) is 10.3 Å². The monoisotopic (exact) mass is 264 g/mol. The van der Waals surface area contributed by atoms with Crippen molar-refractivity contribution in [2.24, 2.45) is 0 Å². The zero-order valence-corrected chi connectivity index (χ0v) is 10.8. The van der Waals surface area contributed by atoms with Gasteiger partial charge in [-0.25, -0.2) is 4.39 Å². The van der Waals surface area contributed by atoms with Crippen molar-refractivity contribution < 1.29 is 4.39 Å². The summed E-state index contributed by atoms with van der Waals surface area (Å²) in [4.78, 5) is 3.98. The van der Waals surface area contributed by atoms with Gasteiger partial charge in [-0.05, 0) is 48.5 Å². The maximum absolute atomic E-state index is 13.9. The van der Waals surface area contributed by atoms with E-state index in [9.17, 15) is 4.39 Å². The van der Waals surface area contributed by atoms with Gasteiger partial charge in [-0.3, -0.25) is 4.98 Å². The molecule has 1 atom stereocenters. The Morgan fingerprint density at radius 1 is 1.28 bits per heavy atom. The fourth-order valence-corrected chi connectivity index (χ4v) is 2.17. The van der Waals surface area contributed by atoms with Crippen LogP contribution < -0.4 is 5.32 Å². The van der Waals surface area contributed by atoms with Crippen LogP contribution in [0.15, 0.2) is 42.7 Å². The summed E-state index contributed by atoms with van der Waals surface area (Å²) in [5, 5.41) is 3.62. The Hall–Kier alpha value is -1.45. The Kier molecular flexibility index (Phi) is 4.28. The Labute approximate surface area is 111 Å². The predicted molar refractivity (Wildman–Crippen MR) is 71.4 cm³/mol. The van der Waals surface area contributed by atoms with E-state index in [-0.39, 0.29) is 11.7 Å². The van der Waals surface area contributed by atoms with E-state index < -0.39 is 0 Å². The Bertz CT molecular complexity index is 516. The highest BCUT2D eigenvalue weighted by atomic mass is 35.5. The first-order valence-corrected chi connectivity index (χ1v) is 6.09. The average Bonchev–Trinajstić information content (AvgIpc) is 2.40. The summed E-state index contributed by atoms with van der Waals surface area (Å²) in [6.07, 6.45) is 3.42. The minimum absolute atomic E-state index is 0.0725. The molecule has 0 aliphatic rings. The van der Waals surface area contributed by atoms with Crippen molar-refractivity contribution in [2.45, 2.75) is 5.92 Å². The summed E-state index contributed by atoms with van der Waals surface area (Å²) >= 11 is 5.95. The minimum Gasteiger partial charge on any atom is -0.319 e. The number of halogens is 2. The third-order valence-corrected chi connectivity index (χ3v) is 3.09. The highest BCUT2D eigenvalue weighted by Gasteiger charge is 2.17. The normalized spacial score (nSPS) is 12.4. The third kappa shape index (κ3) is 2.86. The standard InChI is InChI=1S/C14H14ClFN2/c1-17-9-13(10-4-6-18-7-5-10)12-8-11(15)2-3-14(12)16/h2-8,13,17H,9H2,1H3. The number of rotatable bonds is 4. The van der Waals surface area contributed by atoms with Crippen molar-refractivity contribution in [3.05, 3.63) is 64.7 Å². The van der Waals surface area contributed by atoms with E-state index in [1.807, 2.05) is 19.2 Å². The Balaban J connectivity index is 2.44. The van der Waals surface area contributed by atoms with E-state index in [0.29, 0.717) is 17.1 Å². The molecule has 0 radical (unpaired) electrons. The molecule has 2 aromatic rings. The first-order chi connectivity index (χ1) is 8.72. The van der Waals surface area contributed by atoms with Crippen LogP contribution in [0.25, 0.3) is 0 Å². The number of nitrogens with one attached hydrogen (secondary N) is 1. The van der Waals surface area contributed by atoms with E-state index in [1.54, 1.807) is 24.5 Å². The molecule has 1 aromatic carbocycles. The van der Waals surface area contributed by atoms with Crippen LogP contribution in [-0.4, -0.2) is 18.6 Å². The van der Waals surface area contributed by atoms with Gasteiger partial charge in [0.1, 0.15) is 5.82 Å². The second-order valence-corrected chi connectivity index (χ2v) is 4.49. The van der Waals surface area contributed by atoms with E-state index in [0.717, 1.165) is 5.56 Å². The zero-order chi connectivity index (χ0) is 13.0. The maximum atomic E-state index is 13.9. The molecule has 0 bridgehead atoms. The van der Waals surface area contributed by atoms with Gasteiger partial charge in [0, 0.05) is 29.9 Å². The smallest absolute Gasteiger partial charge is 0.127 e. The molecule has 0 amide bonds. The van der Waals surface area contributed by atoms with Crippen LogP contribution >= 0.6 is 11.6 Å². The van der Waals surface area contributed by atoms with Gasteiger partial charge in [-0.15, -0.1) is 0 Å². The average molecular weight is 265 g/mol. The number of benzene rings is 1. The lowest BCUT2D eigenvalue weighted by Gasteiger charge is -2.18.